The lowest BCUT2D eigenvalue weighted by molar-refractivity contribution is -0.384. The molecule has 0 heterocycles. The van der Waals surface area contributed by atoms with Gasteiger partial charge < -0.3 is 9.84 Å². The summed E-state index contributed by atoms with van der Waals surface area (Å²) in [4.78, 5) is 10.1. The molecule has 114 valence electrons. The van der Waals surface area contributed by atoms with Gasteiger partial charge in [-0.3, -0.25) is 15.5 Å². The van der Waals surface area contributed by atoms with Gasteiger partial charge in [0.25, 0.3) is 5.69 Å². The van der Waals surface area contributed by atoms with E-state index in [-0.39, 0.29) is 11.4 Å². The Morgan fingerprint density at radius 1 is 1.36 bits per heavy atom. The summed E-state index contributed by atoms with van der Waals surface area (Å²) in [6, 6.07) is 9.23. The molecule has 0 radical (unpaired) electrons. The van der Waals surface area contributed by atoms with Gasteiger partial charge in [0.05, 0.1) is 27.5 Å². The molecular formula is C14H12IN3O4. The van der Waals surface area contributed by atoms with Crippen molar-refractivity contribution in [1.29, 1.82) is 0 Å². The molecule has 2 aromatic carbocycles. The second-order valence-electron chi connectivity index (χ2n) is 4.23. The van der Waals surface area contributed by atoms with E-state index in [4.69, 9.17) is 4.74 Å². The first kappa shape index (κ1) is 16.0. The fourth-order valence-electron chi connectivity index (χ4n) is 1.71. The molecule has 0 unspecified atom stereocenters. The van der Waals surface area contributed by atoms with Crippen LogP contribution >= 0.6 is 22.6 Å². The lowest BCUT2D eigenvalue weighted by atomic mass is 10.2. The largest absolute Gasteiger partial charge is 0.504 e. The van der Waals surface area contributed by atoms with E-state index in [1.807, 2.05) is 0 Å². The molecule has 2 N–H and O–H groups in total. The monoisotopic (exact) mass is 413 g/mol. The number of nitro groups is 1. The number of hydrogen-bond acceptors (Lipinski definition) is 6. The number of phenols is 1. The number of methoxy groups -OCH3 is 1. The van der Waals surface area contributed by atoms with Crippen LogP contribution in [0.3, 0.4) is 0 Å². The number of aromatic hydroxyl groups is 1. The molecule has 0 saturated heterocycles. The van der Waals surface area contributed by atoms with Gasteiger partial charge in [-0.15, -0.1) is 0 Å². The fraction of sp³-hybridized carbons (Fsp3) is 0.0714. The van der Waals surface area contributed by atoms with Gasteiger partial charge >= 0.3 is 0 Å². The van der Waals surface area contributed by atoms with Crippen LogP contribution in [0.4, 0.5) is 11.4 Å². The highest BCUT2D eigenvalue weighted by Gasteiger charge is 2.07. The molecule has 0 saturated carbocycles. The number of hydrogen-bond donors (Lipinski definition) is 2. The number of ether oxygens (including phenoxy) is 1. The summed E-state index contributed by atoms with van der Waals surface area (Å²) < 4.78 is 5.82. The van der Waals surface area contributed by atoms with Crippen molar-refractivity contribution in [3.8, 4) is 11.5 Å². The number of hydrazone groups is 1. The normalized spacial score (nSPS) is 10.6. The molecular weight excluding hydrogens is 401 g/mol. The van der Waals surface area contributed by atoms with Gasteiger partial charge in [-0.05, 0) is 52.4 Å². The van der Waals surface area contributed by atoms with E-state index in [0.717, 1.165) is 3.57 Å². The number of phenolic OH excluding ortho intramolecular Hbond substituents is 1. The molecule has 0 amide bonds. The van der Waals surface area contributed by atoms with Crippen LogP contribution in [-0.2, 0) is 0 Å². The van der Waals surface area contributed by atoms with E-state index in [1.165, 1.54) is 31.5 Å². The number of halogens is 1. The number of anilines is 1. The number of non-ortho nitro benzene ring substituents is 1. The average molecular weight is 413 g/mol. The van der Waals surface area contributed by atoms with E-state index < -0.39 is 4.92 Å². The number of nitrogens with zero attached hydrogens (tertiary/aromatic N) is 2. The van der Waals surface area contributed by atoms with Crippen LogP contribution in [0.25, 0.3) is 0 Å². The maximum Gasteiger partial charge on any atom is 0.269 e. The minimum absolute atomic E-state index is 0.0177. The van der Waals surface area contributed by atoms with Gasteiger partial charge in [0.1, 0.15) is 0 Å². The topological polar surface area (TPSA) is 97.0 Å². The van der Waals surface area contributed by atoms with Crippen LogP contribution in [0.2, 0.25) is 0 Å². The molecule has 0 spiro atoms. The Kier molecular flexibility index (Phi) is 5.15. The quantitative estimate of drug-likeness (QED) is 0.339. The Labute approximate surface area is 139 Å². The molecule has 0 aliphatic carbocycles. The van der Waals surface area contributed by atoms with Crippen molar-refractivity contribution in [2.45, 2.75) is 0 Å². The summed E-state index contributed by atoms with van der Waals surface area (Å²) in [5, 5.41) is 24.4. The van der Waals surface area contributed by atoms with Crippen molar-refractivity contribution in [1.82, 2.24) is 0 Å². The van der Waals surface area contributed by atoms with Crippen LogP contribution in [0.5, 0.6) is 11.5 Å². The molecule has 22 heavy (non-hydrogen) atoms. The van der Waals surface area contributed by atoms with Gasteiger partial charge in [-0.2, -0.15) is 5.10 Å². The molecule has 0 bridgehead atoms. The minimum Gasteiger partial charge on any atom is -0.504 e. The predicted octanol–water partition coefficient (Wildman–Crippen LogP) is 3.36. The first-order valence-corrected chi connectivity index (χ1v) is 7.19. The lowest BCUT2D eigenvalue weighted by Crippen LogP contribution is -1.94. The Hall–Kier alpha value is -2.36. The molecule has 0 aliphatic heterocycles. The molecule has 0 fully saturated rings. The standard InChI is InChI=1S/C14H12IN3O4/c1-22-14-12(15)6-9(7-13(14)19)8-16-17-10-2-4-11(5-3-10)18(20)21/h2-8,17,19H,1H3/b16-8-. The molecule has 2 aromatic rings. The number of benzene rings is 2. The van der Waals surface area contributed by atoms with E-state index in [0.29, 0.717) is 17.0 Å². The summed E-state index contributed by atoms with van der Waals surface area (Å²) in [6.45, 7) is 0. The van der Waals surface area contributed by atoms with Crippen LogP contribution in [0.15, 0.2) is 41.5 Å². The first-order valence-electron chi connectivity index (χ1n) is 6.11. The summed E-state index contributed by atoms with van der Waals surface area (Å²) in [7, 11) is 1.49. The molecule has 8 heteroatoms. The van der Waals surface area contributed by atoms with E-state index in [2.05, 4.69) is 33.1 Å². The smallest absolute Gasteiger partial charge is 0.269 e. The van der Waals surface area contributed by atoms with Crippen molar-refractivity contribution in [2.24, 2.45) is 5.10 Å². The van der Waals surface area contributed by atoms with Crippen molar-refractivity contribution < 1.29 is 14.8 Å². The van der Waals surface area contributed by atoms with Crippen LogP contribution in [-0.4, -0.2) is 23.4 Å². The Balaban J connectivity index is 2.08. The summed E-state index contributed by atoms with van der Waals surface area (Å²) in [5.41, 5.74) is 4.09. The Bertz CT molecular complexity index is 694. The number of nitro benzene ring substituents is 1. The van der Waals surface area contributed by atoms with Gasteiger partial charge in [-0.25, -0.2) is 0 Å². The van der Waals surface area contributed by atoms with Gasteiger partial charge in [0, 0.05) is 12.1 Å². The van der Waals surface area contributed by atoms with Crippen LogP contribution in [0, 0.1) is 13.7 Å². The Morgan fingerprint density at radius 2 is 2.05 bits per heavy atom. The molecule has 0 atom stereocenters. The third kappa shape index (κ3) is 3.85. The van der Waals surface area contributed by atoms with Gasteiger partial charge in [0.2, 0.25) is 0 Å². The Morgan fingerprint density at radius 3 is 2.59 bits per heavy atom. The highest BCUT2D eigenvalue weighted by atomic mass is 127. The van der Waals surface area contributed by atoms with Gasteiger partial charge in [0.15, 0.2) is 11.5 Å². The van der Waals surface area contributed by atoms with Crippen LogP contribution < -0.4 is 10.2 Å². The number of nitrogens with one attached hydrogen (secondary N) is 1. The highest BCUT2D eigenvalue weighted by Crippen LogP contribution is 2.32. The maximum atomic E-state index is 10.5. The van der Waals surface area contributed by atoms with E-state index >= 15 is 0 Å². The SMILES string of the molecule is COc1c(O)cc(/C=N\Nc2ccc([N+](=O)[O-])cc2)cc1I. The maximum absolute atomic E-state index is 10.5. The second-order valence-corrected chi connectivity index (χ2v) is 5.39. The molecule has 0 aromatic heterocycles. The molecule has 0 aliphatic rings. The first-order chi connectivity index (χ1) is 10.5. The third-order valence-electron chi connectivity index (χ3n) is 2.74. The summed E-state index contributed by atoms with van der Waals surface area (Å²) >= 11 is 2.05. The lowest BCUT2D eigenvalue weighted by Gasteiger charge is -2.06. The third-order valence-corrected chi connectivity index (χ3v) is 3.54. The molecule has 2 rings (SSSR count). The van der Waals surface area contributed by atoms with E-state index in [9.17, 15) is 15.2 Å². The summed E-state index contributed by atoms with van der Waals surface area (Å²) in [5.74, 6) is 0.451. The second kappa shape index (κ2) is 7.07. The van der Waals surface area contributed by atoms with Crippen molar-refractivity contribution in [2.75, 3.05) is 12.5 Å². The zero-order valence-electron chi connectivity index (χ0n) is 11.5. The minimum atomic E-state index is -0.463. The van der Waals surface area contributed by atoms with Crippen LogP contribution in [0.1, 0.15) is 5.56 Å². The highest BCUT2D eigenvalue weighted by molar-refractivity contribution is 14.1. The molecule has 7 nitrogen and oxygen atoms in total. The average Bonchev–Trinajstić information content (AvgIpc) is 2.47. The fourth-order valence-corrected chi connectivity index (χ4v) is 2.57. The number of rotatable bonds is 5. The zero-order chi connectivity index (χ0) is 16.1. The van der Waals surface area contributed by atoms with Crippen molar-refractivity contribution in [3.05, 3.63) is 55.6 Å². The van der Waals surface area contributed by atoms with Crippen molar-refractivity contribution in [3.63, 3.8) is 0 Å². The zero-order valence-corrected chi connectivity index (χ0v) is 13.6. The predicted molar refractivity (Wildman–Crippen MR) is 91.7 cm³/mol. The van der Waals surface area contributed by atoms with Gasteiger partial charge in [-0.1, -0.05) is 0 Å². The van der Waals surface area contributed by atoms with Crippen molar-refractivity contribution >= 4 is 40.2 Å². The van der Waals surface area contributed by atoms with E-state index in [1.54, 1.807) is 18.2 Å². The summed E-state index contributed by atoms with van der Waals surface area (Å²) in [6.07, 6.45) is 1.53.